The highest BCUT2D eigenvalue weighted by atomic mass is 32.1. The fraction of sp³-hybridized carbons (Fsp3) is 0.462. The number of hydrogen-bond donors (Lipinski definition) is 1. The number of nitrogens with two attached hydrogens (primary N) is 1. The second-order valence-electron chi connectivity index (χ2n) is 4.98. The normalized spacial score (nSPS) is 14.0. The molecule has 0 saturated heterocycles. The molecule has 0 fully saturated rings. The van der Waals surface area contributed by atoms with Gasteiger partial charge in [0.25, 0.3) is 5.91 Å². The summed E-state index contributed by atoms with van der Waals surface area (Å²) in [6, 6.07) is 0. The van der Waals surface area contributed by atoms with E-state index in [0.717, 1.165) is 36.2 Å². The zero-order chi connectivity index (χ0) is 14.8. The van der Waals surface area contributed by atoms with Crippen LogP contribution in [0.4, 0.5) is 5.95 Å². The van der Waals surface area contributed by atoms with Gasteiger partial charge in [0.1, 0.15) is 4.88 Å². The van der Waals surface area contributed by atoms with E-state index in [1.807, 2.05) is 0 Å². The Morgan fingerprint density at radius 2 is 2.38 bits per heavy atom. The minimum Gasteiger partial charge on any atom is -0.368 e. The van der Waals surface area contributed by atoms with Crippen molar-refractivity contribution in [3.63, 3.8) is 0 Å². The minimum atomic E-state index is -0.0173. The molecule has 0 spiro atoms. The Labute approximate surface area is 126 Å². The number of nitrogen functional groups attached to an aromatic ring is 1. The third kappa shape index (κ3) is 2.71. The van der Waals surface area contributed by atoms with Crippen LogP contribution in [0.2, 0.25) is 0 Å². The third-order valence-electron chi connectivity index (χ3n) is 3.49. The zero-order valence-electron chi connectivity index (χ0n) is 11.7. The molecule has 1 aliphatic rings. The monoisotopic (exact) mass is 304 g/mol. The summed E-state index contributed by atoms with van der Waals surface area (Å²) in [5.41, 5.74) is 8.30. The van der Waals surface area contributed by atoms with Crippen molar-refractivity contribution in [2.45, 2.75) is 32.7 Å². The van der Waals surface area contributed by atoms with Crippen molar-refractivity contribution < 1.29 is 4.79 Å². The zero-order valence-corrected chi connectivity index (χ0v) is 12.6. The van der Waals surface area contributed by atoms with E-state index in [4.69, 9.17) is 5.73 Å². The summed E-state index contributed by atoms with van der Waals surface area (Å²) in [6.07, 6.45) is 4.21. The highest BCUT2D eigenvalue weighted by Crippen LogP contribution is 2.21. The number of hydrogen-bond acceptors (Lipinski definition) is 7. The number of nitrogens with zero attached hydrogens (tertiary/aromatic N) is 5. The number of anilines is 1. The lowest BCUT2D eigenvalue weighted by Crippen LogP contribution is -2.36. The number of aromatic nitrogens is 4. The second-order valence-corrected chi connectivity index (χ2v) is 5.73. The summed E-state index contributed by atoms with van der Waals surface area (Å²) in [4.78, 5) is 23.3. The molecule has 3 rings (SSSR count). The Bertz CT molecular complexity index is 670. The van der Waals surface area contributed by atoms with Crippen LogP contribution in [0.5, 0.6) is 0 Å². The van der Waals surface area contributed by atoms with Gasteiger partial charge in [-0.15, -0.1) is 5.10 Å². The molecular formula is C13H16N6OS. The summed E-state index contributed by atoms with van der Waals surface area (Å²) >= 11 is 1.17. The van der Waals surface area contributed by atoms with Crippen molar-refractivity contribution in [1.82, 2.24) is 24.5 Å². The molecule has 3 heterocycles. The smallest absolute Gasteiger partial charge is 0.267 e. The molecule has 2 aromatic rings. The maximum absolute atomic E-state index is 12.6. The van der Waals surface area contributed by atoms with E-state index < -0.39 is 0 Å². The second kappa shape index (κ2) is 5.72. The average molecular weight is 304 g/mol. The topological polar surface area (TPSA) is 97.9 Å². The summed E-state index contributed by atoms with van der Waals surface area (Å²) in [7, 11) is 0. The predicted molar refractivity (Wildman–Crippen MR) is 78.8 cm³/mol. The molecule has 110 valence electrons. The first-order chi connectivity index (χ1) is 10.2. The average Bonchev–Trinajstić information content (AvgIpc) is 2.94. The van der Waals surface area contributed by atoms with Crippen molar-refractivity contribution in [3.05, 3.63) is 28.0 Å². The van der Waals surface area contributed by atoms with E-state index in [1.54, 1.807) is 11.1 Å². The fourth-order valence-electron chi connectivity index (χ4n) is 2.41. The first kappa shape index (κ1) is 13.9. The van der Waals surface area contributed by atoms with Gasteiger partial charge in [0, 0.05) is 12.7 Å². The standard InChI is InChI=1S/C13H16N6OS/c1-2-3-9-11(21-18-17-9)12(20)19-5-4-8-6-15-13(14)16-10(8)7-19/h6H,2-5,7H2,1H3,(H2,14,15,16). The summed E-state index contributed by atoms with van der Waals surface area (Å²) < 4.78 is 3.91. The van der Waals surface area contributed by atoms with Gasteiger partial charge in [0.15, 0.2) is 0 Å². The summed E-state index contributed by atoms with van der Waals surface area (Å²) in [5, 5.41) is 4.06. The number of carbonyl (C=O) groups is 1. The lowest BCUT2D eigenvalue weighted by atomic mass is 10.1. The Balaban J connectivity index is 1.82. The van der Waals surface area contributed by atoms with Crippen LogP contribution in [0.1, 0.15) is 40.0 Å². The molecule has 0 radical (unpaired) electrons. The molecule has 0 bridgehead atoms. The van der Waals surface area contributed by atoms with Crippen LogP contribution in [0.15, 0.2) is 6.20 Å². The van der Waals surface area contributed by atoms with Crippen LogP contribution in [0.3, 0.4) is 0 Å². The first-order valence-electron chi connectivity index (χ1n) is 6.89. The maximum Gasteiger partial charge on any atom is 0.267 e. The SMILES string of the molecule is CCCc1nnsc1C(=O)N1CCc2cnc(N)nc2C1. The fourth-order valence-corrected chi connectivity index (χ4v) is 3.08. The van der Waals surface area contributed by atoms with Crippen LogP contribution in [-0.2, 0) is 19.4 Å². The van der Waals surface area contributed by atoms with Gasteiger partial charge >= 0.3 is 0 Å². The van der Waals surface area contributed by atoms with E-state index in [2.05, 4.69) is 26.5 Å². The lowest BCUT2D eigenvalue weighted by molar-refractivity contribution is 0.0735. The Morgan fingerprint density at radius 3 is 3.19 bits per heavy atom. The summed E-state index contributed by atoms with van der Waals surface area (Å²) in [5.74, 6) is 0.227. The Hall–Kier alpha value is -2.09. The van der Waals surface area contributed by atoms with Gasteiger partial charge in [-0.2, -0.15) is 0 Å². The quantitative estimate of drug-likeness (QED) is 0.910. The number of aryl methyl sites for hydroxylation is 1. The predicted octanol–water partition coefficient (Wildman–Crippen LogP) is 1.06. The molecule has 0 aromatic carbocycles. The number of rotatable bonds is 3. The van der Waals surface area contributed by atoms with Crippen molar-refractivity contribution in [2.75, 3.05) is 12.3 Å². The highest BCUT2D eigenvalue weighted by molar-refractivity contribution is 7.08. The number of fused-ring (bicyclic) bond motifs is 1. The van der Waals surface area contributed by atoms with E-state index in [0.29, 0.717) is 18.0 Å². The van der Waals surface area contributed by atoms with Gasteiger partial charge in [0.05, 0.1) is 17.9 Å². The molecule has 2 aromatic heterocycles. The Kier molecular flexibility index (Phi) is 3.78. The molecule has 0 atom stereocenters. The van der Waals surface area contributed by atoms with E-state index in [9.17, 15) is 4.79 Å². The molecule has 0 unspecified atom stereocenters. The van der Waals surface area contributed by atoms with Gasteiger partial charge in [-0.1, -0.05) is 17.8 Å². The lowest BCUT2D eigenvalue weighted by Gasteiger charge is -2.27. The highest BCUT2D eigenvalue weighted by Gasteiger charge is 2.26. The molecule has 1 aliphatic heterocycles. The van der Waals surface area contributed by atoms with Crippen molar-refractivity contribution >= 4 is 23.4 Å². The van der Waals surface area contributed by atoms with Crippen LogP contribution in [0.25, 0.3) is 0 Å². The van der Waals surface area contributed by atoms with Crippen molar-refractivity contribution in [3.8, 4) is 0 Å². The van der Waals surface area contributed by atoms with Gasteiger partial charge in [-0.3, -0.25) is 4.79 Å². The van der Waals surface area contributed by atoms with E-state index in [1.165, 1.54) is 11.5 Å². The Morgan fingerprint density at radius 1 is 1.52 bits per heavy atom. The largest absolute Gasteiger partial charge is 0.368 e. The van der Waals surface area contributed by atoms with Gasteiger partial charge in [-0.25, -0.2) is 9.97 Å². The van der Waals surface area contributed by atoms with Crippen molar-refractivity contribution in [2.24, 2.45) is 0 Å². The van der Waals surface area contributed by atoms with E-state index in [-0.39, 0.29) is 11.9 Å². The third-order valence-corrected chi connectivity index (χ3v) is 4.24. The van der Waals surface area contributed by atoms with Crippen LogP contribution < -0.4 is 5.73 Å². The van der Waals surface area contributed by atoms with Crippen LogP contribution in [-0.4, -0.2) is 36.9 Å². The maximum atomic E-state index is 12.6. The summed E-state index contributed by atoms with van der Waals surface area (Å²) in [6.45, 7) is 3.18. The first-order valence-corrected chi connectivity index (χ1v) is 7.67. The number of amides is 1. The molecule has 21 heavy (non-hydrogen) atoms. The molecule has 7 nitrogen and oxygen atoms in total. The van der Waals surface area contributed by atoms with Crippen LogP contribution in [0, 0.1) is 0 Å². The molecular weight excluding hydrogens is 288 g/mol. The van der Waals surface area contributed by atoms with Gasteiger partial charge in [0.2, 0.25) is 5.95 Å². The van der Waals surface area contributed by atoms with Gasteiger partial charge < -0.3 is 10.6 Å². The van der Waals surface area contributed by atoms with Crippen molar-refractivity contribution in [1.29, 1.82) is 0 Å². The molecule has 0 aliphatic carbocycles. The van der Waals surface area contributed by atoms with Gasteiger partial charge in [-0.05, 0) is 29.9 Å². The minimum absolute atomic E-state index is 0.0173. The molecule has 2 N–H and O–H groups in total. The van der Waals surface area contributed by atoms with Crippen LogP contribution >= 0.6 is 11.5 Å². The molecule has 0 saturated carbocycles. The van der Waals surface area contributed by atoms with E-state index >= 15 is 0 Å². The number of carbonyl (C=O) groups excluding carboxylic acids is 1. The molecule has 1 amide bonds. The molecule has 8 heteroatoms.